The van der Waals surface area contributed by atoms with E-state index in [2.05, 4.69) is 12.1 Å². The zero-order chi connectivity index (χ0) is 16.6. The third-order valence-electron chi connectivity index (χ3n) is 4.22. The van der Waals surface area contributed by atoms with Gasteiger partial charge < -0.3 is 5.11 Å². The Morgan fingerprint density at radius 3 is 2.78 bits per heavy atom. The van der Waals surface area contributed by atoms with Crippen LogP contribution in [0.15, 0.2) is 30.3 Å². The van der Waals surface area contributed by atoms with Crippen LogP contribution >= 0.6 is 34.5 Å². The number of carbonyl (C=O) groups is 1. The minimum absolute atomic E-state index is 0.177. The van der Waals surface area contributed by atoms with Crippen LogP contribution in [0.2, 0.25) is 10.0 Å². The third-order valence-corrected chi connectivity index (χ3v) is 6.10. The van der Waals surface area contributed by atoms with Crippen molar-refractivity contribution in [2.24, 2.45) is 0 Å². The first-order valence-corrected chi connectivity index (χ1v) is 9.05. The number of halogens is 2. The Hall–Kier alpha value is -1.07. The van der Waals surface area contributed by atoms with Crippen LogP contribution < -0.4 is 0 Å². The highest BCUT2D eigenvalue weighted by Crippen LogP contribution is 2.42. The van der Waals surface area contributed by atoms with Gasteiger partial charge in [0, 0.05) is 16.3 Å². The first-order valence-electron chi connectivity index (χ1n) is 7.48. The maximum absolute atomic E-state index is 11.6. The molecule has 122 valence electrons. The molecule has 2 unspecified atom stereocenters. The van der Waals surface area contributed by atoms with Gasteiger partial charge in [0.1, 0.15) is 6.04 Å². The highest BCUT2D eigenvalue weighted by atomic mass is 35.5. The van der Waals surface area contributed by atoms with Crippen molar-refractivity contribution < 1.29 is 9.90 Å². The van der Waals surface area contributed by atoms with Gasteiger partial charge >= 0.3 is 5.97 Å². The largest absolute Gasteiger partial charge is 0.480 e. The summed E-state index contributed by atoms with van der Waals surface area (Å²) in [5.74, 6) is -0.779. The number of carboxylic acids is 1. The van der Waals surface area contributed by atoms with Crippen molar-refractivity contribution in [3.8, 4) is 0 Å². The summed E-state index contributed by atoms with van der Waals surface area (Å²) < 4.78 is 0. The van der Waals surface area contributed by atoms with E-state index < -0.39 is 12.0 Å². The zero-order valence-electron chi connectivity index (χ0n) is 12.6. The van der Waals surface area contributed by atoms with E-state index >= 15 is 0 Å². The molecule has 3 rings (SSSR count). The summed E-state index contributed by atoms with van der Waals surface area (Å²) in [6.45, 7) is 2.78. The molecule has 3 nitrogen and oxygen atoms in total. The van der Waals surface area contributed by atoms with E-state index in [-0.39, 0.29) is 6.04 Å². The van der Waals surface area contributed by atoms with Gasteiger partial charge in [-0.15, -0.1) is 11.3 Å². The number of aliphatic carboxylic acids is 1. The summed E-state index contributed by atoms with van der Waals surface area (Å²) >= 11 is 14.3. The van der Waals surface area contributed by atoms with E-state index in [1.165, 1.54) is 4.88 Å². The van der Waals surface area contributed by atoms with E-state index in [0.29, 0.717) is 16.5 Å². The molecule has 2 atom stereocenters. The molecule has 1 aromatic heterocycles. The number of benzene rings is 1. The van der Waals surface area contributed by atoms with Crippen LogP contribution in [0.4, 0.5) is 0 Å². The van der Waals surface area contributed by atoms with Crippen LogP contribution in [-0.4, -0.2) is 28.6 Å². The Labute approximate surface area is 149 Å². The van der Waals surface area contributed by atoms with Gasteiger partial charge in [0.05, 0.1) is 16.1 Å². The lowest BCUT2D eigenvalue weighted by molar-refractivity contribution is -0.142. The molecule has 23 heavy (non-hydrogen) atoms. The zero-order valence-corrected chi connectivity index (χ0v) is 15.0. The van der Waals surface area contributed by atoms with Crippen molar-refractivity contribution in [2.75, 3.05) is 6.54 Å². The van der Waals surface area contributed by atoms with Crippen molar-refractivity contribution in [1.29, 1.82) is 0 Å². The Bertz CT molecular complexity index is 731. The number of hydrogen-bond donors (Lipinski definition) is 1. The molecular formula is C17H17Cl2NO2S. The quantitative estimate of drug-likeness (QED) is 0.823. The lowest BCUT2D eigenvalue weighted by Gasteiger charge is -2.31. The number of likely N-dealkylation sites (tertiary alicyclic amines) is 1. The molecule has 1 aliphatic rings. The number of aryl methyl sites for hydroxylation is 1. The van der Waals surface area contributed by atoms with Crippen molar-refractivity contribution in [1.82, 2.24) is 4.90 Å². The summed E-state index contributed by atoms with van der Waals surface area (Å²) in [7, 11) is 0. The Kier molecular flexibility index (Phi) is 4.97. The van der Waals surface area contributed by atoms with Crippen LogP contribution in [0.3, 0.4) is 0 Å². The molecule has 6 heteroatoms. The summed E-state index contributed by atoms with van der Waals surface area (Å²) in [5.41, 5.74) is 0.870. The topological polar surface area (TPSA) is 40.5 Å². The average molecular weight is 370 g/mol. The summed E-state index contributed by atoms with van der Waals surface area (Å²) in [4.78, 5) is 16.0. The highest BCUT2D eigenvalue weighted by molar-refractivity contribution is 7.12. The number of rotatable bonds is 4. The molecule has 2 heterocycles. The van der Waals surface area contributed by atoms with Gasteiger partial charge in [-0.05, 0) is 43.5 Å². The second-order valence-electron chi connectivity index (χ2n) is 5.73. The second-order valence-corrected chi connectivity index (χ2v) is 7.83. The lowest BCUT2D eigenvalue weighted by atomic mass is 10.0. The van der Waals surface area contributed by atoms with Gasteiger partial charge in [-0.25, -0.2) is 0 Å². The van der Waals surface area contributed by atoms with E-state index in [9.17, 15) is 9.90 Å². The monoisotopic (exact) mass is 369 g/mol. The maximum Gasteiger partial charge on any atom is 0.320 e. The van der Waals surface area contributed by atoms with Gasteiger partial charge in [-0.2, -0.15) is 0 Å². The number of carboxylic acid groups (broad SMARTS) is 1. The summed E-state index contributed by atoms with van der Waals surface area (Å²) in [6, 6.07) is 8.99. The van der Waals surface area contributed by atoms with Crippen molar-refractivity contribution >= 4 is 40.5 Å². The smallest absolute Gasteiger partial charge is 0.320 e. The molecule has 1 saturated heterocycles. The van der Waals surface area contributed by atoms with Crippen LogP contribution in [0.1, 0.15) is 34.2 Å². The molecule has 0 amide bonds. The summed E-state index contributed by atoms with van der Waals surface area (Å²) in [5, 5.41) is 10.6. The Morgan fingerprint density at radius 1 is 1.35 bits per heavy atom. The SMILES string of the molecule is Cc1ccc(C(c2cccc(Cl)c2Cl)N2CCCC2C(=O)O)s1. The Morgan fingerprint density at radius 2 is 2.13 bits per heavy atom. The van der Waals surface area contributed by atoms with Gasteiger partial charge in [0.15, 0.2) is 0 Å². The van der Waals surface area contributed by atoms with Crippen molar-refractivity contribution in [2.45, 2.75) is 31.8 Å². The molecule has 1 fully saturated rings. The molecule has 1 aliphatic heterocycles. The summed E-state index contributed by atoms with van der Waals surface area (Å²) in [6.07, 6.45) is 1.53. The first kappa shape index (κ1) is 16.8. The number of nitrogens with zero attached hydrogens (tertiary/aromatic N) is 1. The minimum Gasteiger partial charge on any atom is -0.480 e. The van der Waals surface area contributed by atoms with Crippen LogP contribution in [-0.2, 0) is 4.79 Å². The average Bonchev–Trinajstić information content (AvgIpc) is 3.13. The molecular weight excluding hydrogens is 353 g/mol. The molecule has 0 saturated carbocycles. The molecule has 1 aromatic carbocycles. The van der Waals surface area contributed by atoms with Gasteiger partial charge in [0.2, 0.25) is 0 Å². The van der Waals surface area contributed by atoms with Crippen molar-refractivity contribution in [3.05, 3.63) is 55.7 Å². The standard InChI is InChI=1S/C17H17Cl2NO2S/c1-10-7-8-14(23-10)16(11-4-2-5-12(18)15(11)19)20-9-3-6-13(20)17(21)22/h2,4-5,7-8,13,16H,3,6,9H2,1H3,(H,21,22). The molecule has 2 aromatic rings. The number of thiophene rings is 1. The third kappa shape index (κ3) is 3.26. The maximum atomic E-state index is 11.6. The minimum atomic E-state index is -0.779. The molecule has 1 N–H and O–H groups in total. The second kappa shape index (κ2) is 6.81. The number of hydrogen-bond acceptors (Lipinski definition) is 3. The predicted molar refractivity (Wildman–Crippen MR) is 94.7 cm³/mol. The molecule has 0 bridgehead atoms. The van der Waals surface area contributed by atoms with Gasteiger partial charge in [-0.3, -0.25) is 9.69 Å². The fourth-order valence-corrected chi connectivity index (χ4v) is 4.62. The van der Waals surface area contributed by atoms with E-state index in [1.54, 1.807) is 17.4 Å². The Balaban J connectivity index is 2.11. The van der Waals surface area contributed by atoms with Crippen molar-refractivity contribution in [3.63, 3.8) is 0 Å². The fourth-order valence-electron chi connectivity index (χ4n) is 3.19. The molecule has 0 spiro atoms. The van der Waals surface area contributed by atoms with Gasteiger partial charge in [-0.1, -0.05) is 35.3 Å². The van der Waals surface area contributed by atoms with E-state index in [0.717, 1.165) is 23.4 Å². The first-order chi connectivity index (χ1) is 11.0. The fraction of sp³-hybridized carbons (Fsp3) is 0.353. The highest BCUT2D eigenvalue weighted by Gasteiger charge is 2.38. The van der Waals surface area contributed by atoms with Crippen LogP contribution in [0, 0.1) is 6.92 Å². The van der Waals surface area contributed by atoms with E-state index in [4.69, 9.17) is 23.2 Å². The molecule has 0 aliphatic carbocycles. The lowest BCUT2D eigenvalue weighted by Crippen LogP contribution is -2.39. The normalized spacial score (nSPS) is 19.9. The predicted octanol–water partition coefficient (Wildman–Crippen LogP) is 5.00. The van der Waals surface area contributed by atoms with E-state index in [1.807, 2.05) is 24.0 Å². The molecule has 0 radical (unpaired) electrons. The van der Waals surface area contributed by atoms with Crippen LogP contribution in [0.25, 0.3) is 0 Å². The van der Waals surface area contributed by atoms with Crippen LogP contribution in [0.5, 0.6) is 0 Å². The van der Waals surface area contributed by atoms with Gasteiger partial charge in [0.25, 0.3) is 0 Å².